The number of aryl methyl sites for hydroxylation is 6. The number of rotatable bonds is 7. The molecule has 2 atom stereocenters. The van der Waals surface area contributed by atoms with Gasteiger partial charge in [-0.15, -0.1) is 0 Å². The summed E-state index contributed by atoms with van der Waals surface area (Å²) in [6.45, 7) is 8.88. The average molecular weight is 690 g/mol. The molecule has 4 aromatic carbocycles. The standard InChI is InChI=1S/2C15H14N.C14H14.Zr/c2*1-11-7-12(2)16(10-11)15-8-13-5-3-4-6-14(13)9-15;1-3-7-13(8-4-1)11-12-14-9-5-2-6-10-14;/h2*3-10H,1-2H3;1-10H,11-12H2;. The van der Waals surface area contributed by atoms with Crippen LogP contribution in [0.1, 0.15) is 63.1 Å². The maximum atomic E-state index is 2.45. The van der Waals surface area contributed by atoms with Gasteiger partial charge in [0.1, 0.15) is 0 Å². The second-order valence-corrected chi connectivity index (χ2v) is 16.6. The average Bonchev–Trinajstić information content (AvgIpc) is 3.84. The summed E-state index contributed by atoms with van der Waals surface area (Å²) in [4.78, 5) is 0. The molecule has 0 spiro atoms. The molecule has 0 N–H and O–H groups in total. The topological polar surface area (TPSA) is 9.86 Å². The number of aromatic nitrogens is 2. The Morgan fingerprint density at radius 2 is 0.872 bits per heavy atom. The van der Waals surface area contributed by atoms with Gasteiger partial charge in [0.05, 0.1) is 0 Å². The second-order valence-electron chi connectivity index (χ2n) is 13.0. The van der Waals surface area contributed by atoms with Gasteiger partial charge in [0.2, 0.25) is 0 Å². The molecule has 0 amide bonds. The Labute approximate surface area is 291 Å². The van der Waals surface area contributed by atoms with E-state index in [-0.39, 0.29) is 0 Å². The van der Waals surface area contributed by atoms with Gasteiger partial charge in [0.25, 0.3) is 0 Å². The molecule has 0 bridgehead atoms. The second kappa shape index (κ2) is 13.9. The minimum absolute atomic E-state index is 0.520. The van der Waals surface area contributed by atoms with Crippen LogP contribution in [0.3, 0.4) is 0 Å². The molecule has 0 saturated carbocycles. The molecule has 2 unspecified atom stereocenters. The van der Waals surface area contributed by atoms with Crippen LogP contribution in [0.25, 0.3) is 23.5 Å². The fourth-order valence-electron chi connectivity index (χ4n) is 7.17. The van der Waals surface area contributed by atoms with Crippen molar-refractivity contribution in [2.24, 2.45) is 0 Å². The summed E-state index contributed by atoms with van der Waals surface area (Å²) in [6, 6.07) is 43.9. The molecule has 0 radical (unpaired) electrons. The Balaban J connectivity index is 0.000000210. The first kappa shape index (κ1) is 31.4. The van der Waals surface area contributed by atoms with E-state index in [1.807, 2.05) is 0 Å². The van der Waals surface area contributed by atoms with E-state index >= 15 is 0 Å². The zero-order valence-corrected chi connectivity index (χ0v) is 30.3. The number of hydrogen-bond acceptors (Lipinski definition) is 0. The fourth-order valence-corrected chi connectivity index (χ4v) is 12.1. The zero-order valence-electron chi connectivity index (χ0n) is 27.8. The molecule has 8 rings (SSSR count). The van der Waals surface area contributed by atoms with E-state index in [2.05, 4.69) is 183 Å². The van der Waals surface area contributed by atoms with Gasteiger partial charge < -0.3 is 0 Å². The van der Waals surface area contributed by atoms with Crippen molar-refractivity contribution in [2.45, 2.75) is 47.8 Å². The number of fused-ring (bicyclic) bond motifs is 2. The number of allylic oxidation sites excluding steroid dienone is 2. The zero-order chi connectivity index (χ0) is 32.3. The predicted molar refractivity (Wildman–Crippen MR) is 195 cm³/mol. The van der Waals surface area contributed by atoms with Crippen LogP contribution < -0.4 is 0 Å². The van der Waals surface area contributed by atoms with E-state index in [1.165, 1.54) is 67.3 Å². The fraction of sp³-hybridized carbons (Fsp3) is 0.182. The summed E-state index contributed by atoms with van der Waals surface area (Å²) < 4.78 is 5.95. The molecule has 3 heteroatoms. The molecule has 232 valence electrons. The van der Waals surface area contributed by atoms with Crippen molar-refractivity contribution < 1.29 is 23.2 Å². The van der Waals surface area contributed by atoms with Gasteiger partial charge in [-0.1, -0.05) is 60.7 Å². The molecule has 2 heterocycles. The summed E-state index contributed by atoms with van der Waals surface area (Å²) in [5.41, 5.74) is 16.9. The Kier molecular flexibility index (Phi) is 9.28. The summed E-state index contributed by atoms with van der Waals surface area (Å²) in [5.74, 6) is 0. The molecule has 2 aliphatic rings. The van der Waals surface area contributed by atoms with E-state index in [0.717, 1.165) is 12.8 Å². The Hall–Kier alpha value is -4.20. The van der Waals surface area contributed by atoms with Crippen LogP contribution >= 0.6 is 0 Å². The molecular weight excluding hydrogens is 648 g/mol. The quantitative estimate of drug-likeness (QED) is 0.158. The van der Waals surface area contributed by atoms with Gasteiger partial charge in [0, 0.05) is 0 Å². The summed E-state index contributed by atoms with van der Waals surface area (Å²) in [7, 11) is 0. The minimum Gasteiger partial charge on any atom is -0.0622 e. The van der Waals surface area contributed by atoms with Crippen molar-refractivity contribution in [3.05, 3.63) is 190 Å². The molecule has 2 nitrogen and oxygen atoms in total. The van der Waals surface area contributed by atoms with Crippen molar-refractivity contribution in [3.63, 3.8) is 0 Å². The van der Waals surface area contributed by atoms with Crippen molar-refractivity contribution >= 4 is 23.5 Å². The minimum atomic E-state index is -1.00. The smallest absolute Gasteiger partial charge is 0.0238 e. The molecule has 47 heavy (non-hydrogen) atoms. The van der Waals surface area contributed by atoms with Crippen LogP contribution in [0.15, 0.2) is 134 Å². The van der Waals surface area contributed by atoms with Gasteiger partial charge in [-0.2, -0.15) is 0 Å². The van der Waals surface area contributed by atoms with Crippen LogP contribution in [0.2, 0.25) is 0 Å². The number of hydrogen-bond donors (Lipinski definition) is 0. The first-order chi connectivity index (χ1) is 22.9. The number of benzene rings is 4. The molecule has 0 aliphatic heterocycles. The third kappa shape index (κ3) is 6.78. The third-order valence-corrected chi connectivity index (χ3v) is 14.0. The van der Waals surface area contributed by atoms with Crippen molar-refractivity contribution in [2.75, 3.05) is 0 Å². The maximum Gasteiger partial charge on any atom is -0.0238 e. The largest absolute Gasteiger partial charge is 0.0622 e. The third-order valence-electron chi connectivity index (χ3n) is 9.39. The molecular formula is C44H42N2Zr. The number of nitrogens with zero attached hydrogens (tertiary/aromatic N) is 2. The molecule has 6 aromatic rings. The summed E-state index contributed by atoms with van der Waals surface area (Å²) >= 11 is -1.00. The van der Waals surface area contributed by atoms with Crippen LogP contribution in [-0.2, 0) is 36.1 Å². The van der Waals surface area contributed by atoms with Crippen molar-refractivity contribution in [1.82, 2.24) is 9.13 Å². The van der Waals surface area contributed by atoms with E-state index in [4.69, 9.17) is 0 Å². The first-order valence-electron chi connectivity index (χ1n) is 16.7. The Morgan fingerprint density at radius 3 is 1.26 bits per heavy atom. The predicted octanol–water partition coefficient (Wildman–Crippen LogP) is 10.9. The van der Waals surface area contributed by atoms with Gasteiger partial charge in [-0.25, -0.2) is 0 Å². The first-order valence-corrected chi connectivity index (χ1v) is 19.6. The van der Waals surface area contributed by atoms with E-state index in [1.54, 1.807) is 0 Å². The van der Waals surface area contributed by atoms with Gasteiger partial charge in [0.15, 0.2) is 0 Å². The SMILES string of the molecule is Cc1cc(C)n(C2=Cc3ccccc3[CH]2[Zr][CH]2C(n3cc(C)cc3C)=Cc3ccccc32)c1.c1ccc(CCc2ccccc2)cc1. The van der Waals surface area contributed by atoms with E-state index in [9.17, 15) is 0 Å². The van der Waals surface area contributed by atoms with E-state index in [0.29, 0.717) is 7.25 Å². The van der Waals surface area contributed by atoms with Gasteiger partial charge in [-0.05, 0) is 24.0 Å². The van der Waals surface area contributed by atoms with Crippen LogP contribution in [-0.4, -0.2) is 9.13 Å². The summed E-state index contributed by atoms with van der Waals surface area (Å²) in [6.07, 6.45) is 11.8. The van der Waals surface area contributed by atoms with Gasteiger partial charge >= 0.3 is 209 Å². The molecule has 0 saturated heterocycles. The Morgan fingerprint density at radius 1 is 0.489 bits per heavy atom. The Bertz CT molecular complexity index is 1910. The van der Waals surface area contributed by atoms with Crippen LogP contribution in [0.4, 0.5) is 0 Å². The van der Waals surface area contributed by atoms with Crippen molar-refractivity contribution in [1.29, 1.82) is 0 Å². The van der Waals surface area contributed by atoms with Crippen molar-refractivity contribution in [3.8, 4) is 0 Å². The molecule has 0 fully saturated rings. The van der Waals surface area contributed by atoms with Gasteiger partial charge in [-0.3, -0.25) is 0 Å². The summed E-state index contributed by atoms with van der Waals surface area (Å²) in [5, 5.41) is 0. The maximum absolute atomic E-state index is 2.45. The van der Waals surface area contributed by atoms with E-state index < -0.39 is 23.2 Å². The normalized spacial score (nSPS) is 16.1. The van der Waals surface area contributed by atoms with Crippen LogP contribution in [0, 0.1) is 27.7 Å². The monoisotopic (exact) mass is 688 g/mol. The molecule has 2 aromatic heterocycles. The van der Waals surface area contributed by atoms with Crippen LogP contribution in [0.5, 0.6) is 0 Å². The molecule has 2 aliphatic carbocycles.